The number of nitrogens with one attached hydrogen (secondary N) is 1. The van der Waals surface area contributed by atoms with Crippen LogP contribution in [0.4, 0.5) is 0 Å². The van der Waals surface area contributed by atoms with Gasteiger partial charge in [-0.05, 0) is 35.9 Å². The number of aromatic nitrogens is 3. The number of aryl methyl sites for hydroxylation is 1. The maximum Gasteiger partial charge on any atom is 0.283 e. The lowest BCUT2D eigenvalue weighted by molar-refractivity contribution is 0.103. The number of benzene rings is 2. The maximum atomic E-state index is 12.5. The summed E-state index contributed by atoms with van der Waals surface area (Å²) >= 11 is 7.35. The summed E-state index contributed by atoms with van der Waals surface area (Å²) in [4.78, 5) is 31.9. The van der Waals surface area contributed by atoms with Crippen LogP contribution in [0.1, 0.15) is 21.5 Å². The minimum absolute atomic E-state index is 0.0443. The zero-order valence-electron chi connectivity index (χ0n) is 15.0. The molecule has 4 rings (SSSR count). The molecule has 140 valence electrons. The van der Waals surface area contributed by atoms with Crippen molar-refractivity contribution in [2.45, 2.75) is 10.9 Å². The number of ketones is 1. The number of aromatic amines is 1. The maximum absolute atomic E-state index is 12.5. The third-order valence-corrected chi connectivity index (χ3v) is 5.82. The van der Waals surface area contributed by atoms with E-state index in [1.807, 2.05) is 35.9 Å². The van der Waals surface area contributed by atoms with Crippen molar-refractivity contribution in [2.75, 3.05) is 0 Å². The molecule has 2 aromatic heterocycles. The molecule has 0 aliphatic heterocycles. The van der Waals surface area contributed by atoms with Crippen LogP contribution in [-0.4, -0.2) is 20.3 Å². The van der Waals surface area contributed by atoms with Crippen LogP contribution in [0.25, 0.3) is 11.0 Å². The Morgan fingerprint density at radius 3 is 2.39 bits per heavy atom. The van der Waals surface area contributed by atoms with Gasteiger partial charge in [0.25, 0.3) is 5.56 Å². The summed E-state index contributed by atoms with van der Waals surface area (Å²) in [5.41, 5.74) is 2.78. The van der Waals surface area contributed by atoms with Crippen LogP contribution in [0.15, 0.2) is 70.7 Å². The summed E-state index contributed by atoms with van der Waals surface area (Å²) in [5, 5.41) is 1.82. The number of carbonyl (C=O) groups excluding carboxylic acids is 1. The van der Waals surface area contributed by atoms with Crippen LogP contribution >= 0.6 is 23.4 Å². The highest BCUT2D eigenvalue weighted by Gasteiger charge is 2.11. The quantitative estimate of drug-likeness (QED) is 0.300. The van der Waals surface area contributed by atoms with Gasteiger partial charge in [0.2, 0.25) is 0 Å². The van der Waals surface area contributed by atoms with Crippen molar-refractivity contribution in [3.8, 4) is 0 Å². The highest BCUT2D eigenvalue weighted by Crippen LogP contribution is 2.22. The SMILES string of the molecule is Cn1c(SCc2ccc(C(=O)c3ccc(Cl)cc3)cc2)nc(=O)c2cc[nH]c21. The Balaban J connectivity index is 1.49. The van der Waals surface area contributed by atoms with Crippen LogP contribution in [0, 0.1) is 0 Å². The van der Waals surface area contributed by atoms with Gasteiger partial charge < -0.3 is 9.55 Å². The molecule has 0 spiro atoms. The molecule has 5 nitrogen and oxygen atoms in total. The van der Waals surface area contributed by atoms with Crippen LogP contribution in [0.3, 0.4) is 0 Å². The highest BCUT2D eigenvalue weighted by atomic mass is 35.5. The summed E-state index contributed by atoms with van der Waals surface area (Å²) in [7, 11) is 1.88. The van der Waals surface area contributed by atoms with Crippen molar-refractivity contribution >= 4 is 40.2 Å². The van der Waals surface area contributed by atoms with E-state index >= 15 is 0 Å². The number of fused-ring (bicyclic) bond motifs is 1. The number of rotatable bonds is 5. The molecule has 7 heteroatoms. The summed E-state index contributed by atoms with van der Waals surface area (Å²) < 4.78 is 1.87. The second-order valence-corrected chi connectivity index (χ2v) is 7.70. The van der Waals surface area contributed by atoms with Crippen molar-refractivity contribution in [3.63, 3.8) is 0 Å². The Kier molecular flexibility index (Phi) is 5.07. The first-order valence-electron chi connectivity index (χ1n) is 8.59. The summed E-state index contributed by atoms with van der Waals surface area (Å²) in [6.07, 6.45) is 1.73. The zero-order valence-corrected chi connectivity index (χ0v) is 16.6. The Morgan fingerprint density at radius 2 is 1.71 bits per heavy atom. The summed E-state index contributed by atoms with van der Waals surface area (Å²) in [6, 6.07) is 16.0. The molecule has 0 saturated heterocycles. The molecule has 0 unspecified atom stereocenters. The number of nitrogens with zero attached hydrogens (tertiary/aromatic N) is 2. The molecule has 0 aliphatic rings. The van der Waals surface area contributed by atoms with Crippen LogP contribution in [0.5, 0.6) is 0 Å². The fourth-order valence-electron chi connectivity index (χ4n) is 2.93. The predicted octanol–water partition coefficient (Wildman–Crippen LogP) is 4.44. The van der Waals surface area contributed by atoms with Crippen molar-refractivity contribution < 1.29 is 4.79 Å². The molecule has 4 aromatic rings. The van der Waals surface area contributed by atoms with E-state index in [1.54, 1.807) is 36.5 Å². The van der Waals surface area contributed by atoms with Gasteiger partial charge in [-0.2, -0.15) is 4.98 Å². The van der Waals surface area contributed by atoms with Crippen molar-refractivity contribution in [1.29, 1.82) is 0 Å². The van der Waals surface area contributed by atoms with Gasteiger partial charge >= 0.3 is 0 Å². The number of H-pyrrole nitrogens is 1. The van der Waals surface area contributed by atoms with Gasteiger partial charge in [-0.3, -0.25) is 9.59 Å². The highest BCUT2D eigenvalue weighted by molar-refractivity contribution is 7.98. The first-order chi connectivity index (χ1) is 13.5. The lowest BCUT2D eigenvalue weighted by Gasteiger charge is -2.08. The minimum Gasteiger partial charge on any atom is -0.347 e. The van der Waals surface area contributed by atoms with E-state index in [0.29, 0.717) is 32.4 Å². The predicted molar refractivity (Wildman–Crippen MR) is 112 cm³/mol. The third kappa shape index (κ3) is 3.61. The average Bonchev–Trinajstić information content (AvgIpc) is 3.21. The molecule has 0 atom stereocenters. The number of halogens is 1. The molecule has 0 bridgehead atoms. The first kappa shape index (κ1) is 18.5. The largest absolute Gasteiger partial charge is 0.347 e. The second-order valence-electron chi connectivity index (χ2n) is 6.32. The fraction of sp³-hybridized carbons (Fsp3) is 0.0952. The topological polar surface area (TPSA) is 67.8 Å². The third-order valence-electron chi connectivity index (χ3n) is 4.47. The van der Waals surface area contributed by atoms with E-state index in [2.05, 4.69) is 9.97 Å². The normalized spacial score (nSPS) is 11.1. The van der Waals surface area contributed by atoms with E-state index in [1.165, 1.54) is 11.8 Å². The summed E-state index contributed by atoms with van der Waals surface area (Å²) in [6.45, 7) is 0. The Morgan fingerprint density at radius 1 is 1.07 bits per heavy atom. The monoisotopic (exact) mass is 409 g/mol. The number of hydrogen-bond acceptors (Lipinski definition) is 4. The molecule has 2 aromatic carbocycles. The molecular formula is C21H16ClN3O2S. The lowest BCUT2D eigenvalue weighted by Crippen LogP contribution is -2.13. The van der Waals surface area contributed by atoms with Gasteiger partial charge in [0.15, 0.2) is 10.9 Å². The van der Waals surface area contributed by atoms with Gasteiger partial charge in [0, 0.05) is 35.1 Å². The lowest BCUT2D eigenvalue weighted by atomic mass is 10.0. The Hall–Kier alpha value is -2.83. The van der Waals surface area contributed by atoms with Gasteiger partial charge in [-0.25, -0.2) is 0 Å². The Labute approximate surface area is 170 Å². The minimum atomic E-state index is -0.235. The van der Waals surface area contributed by atoms with E-state index in [0.717, 1.165) is 11.2 Å². The molecule has 0 aliphatic carbocycles. The Bertz CT molecular complexity index is 1210. The van der Waals surface area contributed by atoms with E-state index < -0.39 is 0 Å². The summed E-state index contributed by atoms with van der Waals surface area (Å²) in [5.74, 6) is 0.596. The van der Waals surface area contributed by atoms with E-state index in [-0.39, 0.29) is 11.3 Å². The molecule has 0 fully saturated rings. The first-order valence-corrected chi connectivity index (χ1v) is 9.95. The van der Waals surface area contributed by atoms with Gasteiger partial charge in [-0.1, -0.05) is 47.6 Å². The number of hydrogen-bond donors (Lipinski definition) is 1. The van der Waals surface area contributed by atoms with Crippen molar-refractivity contribution in [1.82, 2.24) is 14.5 Å². The smallest absolute Gasteiger partial charge is 0.283 e. The number of carbonyl (C=O) groups is 1. The van der Waals surface area contributed by atoms with Crippen molar-refractivity contribution in [2.24, 2.45) is 7.05 Å². The van der Waals surface area contributed by atoms with Gasteiger partial charge in [0.1, 0.15) is 5.65 Å². The van der Waals surface area contributed by atoms with E-state index in [4.69, 9.17) is 11.6 Å². The zero-order chi connectivity index (χ0) is 19.7. The second kappa shape index (κ2) is 7.66. The van der Waals surface area contributed by atoms with Crippen LogP contribution < -0.4 is 5.56 Å². The molecule has 2 heterocycles. The average molecular weight is 410 g/mol. The number of thioether (sulfide) groups is 1. The molecule has 1 N–H and O–H groups in total. The molecular weight excluding hydrogens is 394 g/mol. The molecule has 28 heavy (non-hydrogen) atoms. The van der Waals surface area contributed by atoms with Gasteiger partial charge in [0.05, 0.1) is 5.39 Å². The van der Waals surface area contributed by atoms with E-state index in [9.17, 15) is 9.59 Å². The van der Waals surface area contributed by atoms with Gasteiger partial charge in [-0.15, -0.1) is 0 Å². The molecule has 0 saturated carbocycles. The standard InChI is InChI=1S/C21H16ClN3O2S/c1-25-19-17(10-11-23-19)20(27)24-21(25)28-12-13-2-4-14(5-3-13)18(26)15-6-8-16(22)9-7-15/h2-11,23H,12H2,1H3. The molecule has 0 radical (unpaired) electrons. The molecule has 0 amide bonds. The van der Waals surface area contributed by atoms with Crippen molar-refractivity contribution in [3.05, 3.63) is 92.9 Å². The fourth-order valence-corrected chi connectivity index (χ4v) is 3.97. The van der Waals surface area contributed by atoms with Crippen LogP contribution in [0.2, 0.25) is 5.02 Å². The van der Waals surface area contributed by atoms with Crippen LogP contribution in [-0.2, 0) is 12.8 Å².